The highest BCUT2D eigenvalue weighted by molar-refractivity contribution is 5.80. The molecule has 3 nitrogen and oxygen atoms in total. The molecule has 1 atom stereocenters. The van der Waals surface area contributed by atoms with Gasteiger partial charge in [0, 0.05) is 6.42 Å². The van der Waals surface area contributed by atoms with Crippen LogP contribution in [-0.4, -0.2) is 25.3 Å². The molecule has 0 saturated carbocycles. The number of ketones is 1. The Morgan fingerprint density at radius 2 is 1.94 bits per heavy atom. The number of carbonyl (C=O) groups excluding carboxylic acids is 1. The van der Waals surface area contributed by atoms with E-state index in [0.717, 1.165) is 6.42 Å². The summed E-state index contributed by atoms with van der Waals surface area (Å²) in [6.45, 7) is 1.23. The zero-order chi connectivity index (χ0) is 11.7. The van der Waals surface area contributed by atoms with Gasteiger partial charge in [0.15, 0.2) is 6.29 Å². The molecule has 17 heavy (non-hydrogen) atoms. The number of Topliss-reactive ketones (excluding diaryl/α,β-unsaturated/α-hetero) is 1. The van der Waals surface area contributed by atoms with Crippen LogP contribution in [0, 0.1) is 0 Å². The summed E-state index contributed by atoms with van der Waals surface area (Å²) in [4.78, 5) is 11.9. The fourth-order valence-corrected chi connectivity index (χ4v) is 2.61. The third-order valence-electron chi connectivity index (χ3n) is 3.52. The molecule has 3 rings (SSSR count). The lowest BCUT2D eigenvalue weighted by Crippen LogP contribution is -2.22. The fraction of sp³-hybridized carbons (Fsp3) is 0.500. The molecule has 1 aliphatic heterocycles. The molecule has 0 radical (unpaired) electrons. The van der Waals surface area contributed by atoms with Gasteiger partial charge >= 0.3 is 0 Å². The molecule has 0 spiro atoms. The van der Waals surface area contributed by atoms with Crippen molar-refractivity contribution in [3.05, 3.63) is 35.4 Å². The summed E-state index contributed by atoms with van der Waals surface area (Å²) in [7, 11) is 0. The Bertz CT molecular complexity index is 421. The summed E-state index contributed by atoms with van der Waals surface area (Å²) >= 11 is 0. The molecule has 3 heteroatoms. The maximum Gasteiger partial charge on any atom is 0.164 e. The van der Waals surface area contributed by atoms with Crippen LogP contribution < -0.4 is 0 Å². The van der Waals surface area contributed by atoms with Crippen molar-refractivity contribution in [2.24, 2.45) is 0 Å². The summed E-state index contributed by atoms with van der Waals surface area (Å²) in [5, 5.41) is 0. The second kappa shape index (κ2) is 4.59. The Balaban J connectivity index is 1.53. The number of carbonyl (C=O) groups is 1. The summed E-state index contributed by atoms with van der Waals surface area (Å²) in [6.07, 6.45) is 1.77. The van der Waals surface area contributed by atoms with E-state index in [4.69, 9.17) is 9.47 Å². The molecule has 90 valence electrons. The van der Waals surface area contributed by atoms with Gasteiger partial charge in [0.05, 0.1) is 19.6 Å². The van der Waals surface area contributed by atoms with Crippen molar-refractivity contribution in [2.45, 2.75) is 31.5 Å². The van der Waals surface area contributed by atoms with Gasteiger partial charge in [-0.15, -0.1) is 0 Å². The van der Waals surface area contributed by atoms with Crippen LogP contribution in [0.5, 0.6) is 0 Å². The van der Waals surface area contributed by atoms with Crippen LogP contribution in [0.4, 0.5) is 0 Å². The summed E-state index contributed by atoms with van der Waals surface area (Å²) in [5.74, 6) is 0.663. The molecule has 0 amide bonds. The minimum atomic E-state index is -0.294. The quantitative estimate of drug-likeness (QED) is 0.797. The zero-order valence-corrected chi connectivity index (χ0v) is 9.72. The highest BCUT2D eigenvalue weighted by Crippen LogP contribution is 2.37. The second-order valence-corrected chi connectivity index (χ2v) is 4.72. The van der Waals surface area contributed by atoms with E-state index in [2.05, 4.69) is 18.2 Å². The van der Waals surface area contributed by atoms with Crippen molar-refractivity contribution in [1.82, 2.24) is 0 Å². The average molecular weight is 232 g/mol. The smallest absolute Gasteiger partial charge is 0.164 e. The summed E-state index contributed by atoms with van der Waals surface area (Å²) in [6, 6.07) is 8.36. The van der Waals surface area contributed by atoms with Crippen molar-refractivity contribution < 1.29 is 14.3 Å². The number of benzene rings is 1. The zero-order valence-electron chi connectivity index (χ0n) is 9.72. The van der Waals surface area contributed by atoms with Gasteiger partial charge in [0.1, 0.15) is 5.78 Å². The minimum absolute atomic E-state index is 0.247. The van der Waals surface area contributed by atoms with Crippen LogP contribution >= 0.6 is 0 Å². The standard InChI is InChI=1S/C14H16O3/c15-12(9-14-16-5-6-17-14)8-11-7-10-3-1-2-4-13(10)11/h1-4,11,14H,5-9H2. The van der Waals surface area contributed by atoms with Gasteiger partial charge in [-0.3, -0.25) is 4.79 Å². The molecular formula is C14H16O3. The number of fused-ring (bicyclic) bond motifs is 1. The van der Waals surface area contributed by atoms with E-state index in [0.29, 0.717) is 32.0 Å². The molecule has 1 heterocycles. The Labute approximate surface area is 101 Å². The Morgan fingerprint density at radius 1 is 1.18 bits per heavy atom. The van der Waals surface area contributed by atoms with Crippen molar-refractivity contribution in [3.63, 3.8) is 0 Å². The number of rotatable bonds is 4. The maximum atomic E-state index is 11.9. The van der Waals surface area contributed by atoms with Gasteiger partial charge in [-0.25, -0.2) is 0 Å². The third kappa shape index (κ3) is 2.26. The van der Waals surface area contributed by atoms with Gasteiger partial charge < -0.3 is 9.47 Å². The molecule has 0 aromatic heterocycles. The van der Waals surface area contributed by atoms with Gasteiger partial charge in [0.25, 0.3) is 0 Å². The van der Waals surface area contributed by atoms with E-state index in [1.54, 1.807) is 0 Å². The third-order valence-corrected chi connectivity index (χ3v) is 3.52. The molecular weight excluding hydrogens is 216 g/mol. The first kappa shape index (κ1) is 10.9. The van der Waals surface area contributed by atoms with Gasteiger partial charge in [-0.1, -0.05) is 24.3 Å². The minimum Gasteiger partial charge on any atom is -0.350 e. The van der Waals surface area contributed by atoms with Gasteiger partial charge in [-0.05, 0) is 23.5 Å². The largest absolute Gasteiger partial charge is 0.350 e. The monoisotopic (exact) mass is 232 g/mol. The Kier molecular flexibility index (Phi) is 2.95. The first-order valence-corrected chi connectivity index (χ1v) is 6.15. The van der Waals surface area contributed by atoms with Crippen LogP contribution in [0.3, 0.4) is 0 Å². The molecule has 1 fully saturated rings. The molecule has 1 aromatic carbocycles. The maximum absolute atomic E-state index is 11.9. The number of ether oxygens (including phenoxy) is 2. The second-order valence-electron chi connectivity index (χ2n) is 4.72. The SMILES string of the molecule is O=C(CC1OCCO1)CC1Cc2ccccc21. The van der Waals surface area contributed by atoms with Crippen LogP contribution in [0.2, 0.25) is 0 Å². The van der Waals surface area contributed by atoms with Gasteiger partial charge in [-0.2, -0.15) is 0 Å². The predicted molar refractivity (Wildman–Crippen MR) is 62.8 cm³/mol. The molecule has 0 bridgehead atoms. The number of hydrogen-bond donors (Lipinski definition) is 0. The average Bonchev–Trinajstić information content (AvgIpc) is 2.79. The van der Waals surface area contributed by atoms with E-state index in [1.807, 2.05) is 6.07 Å². The molecule has 1 aromatic rings. The Hall–Kier alpha value is -1.19. The lowest BCUT2D eigenvalue weighted by atomic mass is 9.75. The van der Waals surface area contributed by atoms with Crippen LogP contribution in [-0.2, 0) is 20.7 Å². The first-order chi connectivity index (χ1) is 8.33. The van der Waals surface area contributed by atoms with Crippen LogP contribution in [0.1, 0.15) is 29.9 Å². The van der Waals surface area contributed by atoms with E-state index in [1.165, 1.54) is 11.1 Å². The highest BCUT2D eigenvalue weighted by Gasteiger charge is 2.29. The van der Waals surface area contributed by atoms with Crippen molar-refractivity contribution in [2.75, 3.05) is 13.2 Å². The lowest BCUT2D eigenvalue weighted by Gasteiger charge is -2.29. The highest BCUT2D eigenvalue weighted by atomic mass is 16.7. The van der Waals surface area contributed by atoms with Gasteiger partial charge in [0.2, 0.25) is 0 Å². The van der Waals surface area contributed by atoms with Crippen molar-refractivity contribution >= 4 is 5.78 Å². The lowest BCUT2D eigenvalue weighted by molar-refractivity contribution is -0.127. The first-order valence-electron chi connectivity index (χ1n) is 6.15. The van der Waals surface area contributed by atoms with E-state index in [9.17, 15) is 4.79 Å². The Morgan fingerprint density at radius 3 is 2.71 bits per heavy atom. The molecule has 2 aliphatic rings. The molecule has 1 aliphatic carbocycles. The van der Waals surface area contributed by atoms with Crippen LogP contribution in [0.25, 0.3) is 0 Å². The van der Waals surface area contributed by atoms with E-state index >= 15 is 0 Å². The fourth-order valence-electron chi connectivity index (χ4n) is 2.61. The molecule has 1 unspecified atom stereocenters. The number of hydrogen-bond acceptors (Lipinski definition) is 3. The van der Waals surface area contributed by atoms with E-state index < -0.39 is 0 Å². The van der Waals surface area contributed by atoms with E-state index in [-0.39, 0.29) is 12.1 Å². The van der Waals surface area contributed by atoms with Crippen molar-refractivity contribution in [3.8, 4) is 0 Å². The summed E-state index contributed by atoms with van der Waals surface area (Å²) in [5.41, 5.74) is 2.73. The normalized spacial score (nSPS) is 23.2. The molecule has 0 N–H and O–H groups in total. The predicted octanol–water partition coefficient (Wildman–Crippen LogP) is 2.05. The van der Waals surface area contributed by atoms with Crippen molar-refractivity contribution in [1.29, 1.82) is 0 Å². The molecule has 1 saturated heterocycles. The topological polar surface area (TPSA) is 35.5 Å². The van der Waals surface area contributed by atoms with Crippen LogP contribution in [0.15, 0.2) is 24.3 Å². The summed E-state index contributed by atoms with van der Waals surface area (Å²) < 4.78 is 10.6.